The average Bonchev–Trinajstić information content (AvgIpc) is 2.72. The van der Waals surface area contributed by atoms with E-state index in [-0.39, 0.29) is 22.3 Å². The highest BCUT2D eigenvalue weighted by Gasteiger charge is 2.28. The van der Waals surface area contributed by atoms with Crippen LogP contribution in [0.25, 0.3) is 0 Å². The van der Waals surface area contributed by atoms with Crippen LogP contribution in [0.2, 0.25) is 0 Å². The number of rotatable bonds is 6. The van der Waals surface area contributed by atoms with Crippen molar-refractivity contribution in [2.75, 3.05) is 0 Å². The van der Waals surface area contributed by atoms with Crippen molar-refractivity contribution >= 4 is 25.6 Å². The van der Waals surface area contributed by atoms with Gasteiger partial charge in [-0.1, -0.05) is 26.7 Å². The summed E-state index contributed by atoms with van der Waals surface area (Å²) in [5, 5.41) is 9.01. The molecule has 8 heteroatoms. The SMILES string of the molecule is CCC(CC)C(C)NC(=O)c1n[nH]c(C)c1S(=O)(=O)Cl. The number of carbonyl (C=O) groups is 1. The maximum Gasteiger partial charge on any atom is 0.273 e. The molecule has 0 spiro atoms. The Kier molecular flexibility index (Phi) is 5.59. The van der Waals surface area contributed by atoms with Crippen LogP contribution in [0.3, 0.4) is 0 Å². The standard InChI is InChI=1S/C12H20ClN3O3S/c1-5-9(6-2)7(3)14-12(17)10-11(20(13,18)19)8(4)15-16-10/h7,9H,5-6H2,1-4H3,(H,14,17)(H,15,16). The average molecular weight is 322 g/mol. The van der Waals surface area contributed by atoms with Crippen LogP contribution in [0.5, 0.6) is 0 Å². The number of carbonyl (C=O) groups excluding carboxylic acids is 1. The molecule has 0 aliphatic carbocycles. The van der Waals surface area contributed by atoms with Gasteiger partial charge in [0.1, 0.15) is 4.90 Å². The topological polar surface area (TPSA) is 91.9 Å². The van der Waals surface area contributed by atoms with E-state index in [0.29, 0.717) is 5.92 Å². The molecular weight excluding hydrogens is 302 g/mol. The van der Waals surface area contributed by atoms with E-state index in [2.05, 4.69) is 15.5 Å². The third-order valence-corrected chi connectivity index (χ3v) is 4.91. The number of hydrogen-bond acceptors (Lipinski definition) is 4. The van der Waals surface area contributed by atoms with E-state index in [9.17, 15) is 13.2 Å². The van der Waals surface area contributed by atoms with Crippen LogP contribution in [0, 0.1) is 12.8 Å². The highest BCUT2D eigenvalue weighted by molar-refractivity contribution is 8.13. The lowest BCUT2D eigenvalue weighted by atomic mass is 9.95. The van der Waals surface area contributed by atoms with Crippen LogP contribution in [0.1, 0.15) is 49.8 Å². The Morgan fingerprint density at radius 3 is 2.40 bits per heavy atom. The Hall–Kier alpha value is -1.08. The van der Waals surface area contributed by atoms with Crippen LogP contribution >= 0.6 is 10.7 Å². The first-order valence-electron chi connectivity index (χ1n) is 6.52. The minimum Gasteiger partial charge on any atom is -0.348 e. The summed E-state index contributed by atoms with van der Waals surface area (Å²) < 4.78 is 23.0. The molecule has 6 nitrogen and oxygen atoms in total. The molecule has 2 N–H and O–H groups in total. The molecule has 20 heavy (non-hydrogen) atoms. The Labute approximate surface area is 123 Å². The molecule has 1 amide bonds. The second-order valence-electron chi connectivity index (χ2n) is 4.80. The molecule has 0 fully saturated rings. The van der Waals surface area contributed by atoms with Gasteiger partial charge in [0.05, 0.1) is 5.69 Å². The van der Waals surface area contributed by atoms with Crippen molar-refractivity contribution in [3.8, 4) is 0 Å². The molecule has 0 radical (unpaired) electrons. The monoisotopic (exact) mass is 321 g/mol. The molecule has 1 aromatic rings. The third-order valence-electron chi connectivity index (χ3n) is 3.46. The Balaban J connectivity index is 3.00. The molecule has 0 aromatic carbocycles. The lowest BCUT2D eigenvalue weighted by Crippen LogP contribution is -2.38. The number of nitrogens with one attached hydrogen (secondary N) is 2. The molecule has 114 valence electrons. The van der Waals surface area contributed by atoms with Crippen LogP contribution < -0.4 is 5.32 Å². The van der Waals surface area contributed by atoms with Gasteiger partial charge in [-0.05, 0) is 19.8 Å². The fourth-order valence-corrected chi connectivity index (χ4v) is 3.61. The molecule has 0 saturated heterocycles. The molecule has 0 aliphatic heterocycles. The van der Waals surface area contributed by atoms with Crippen molar-refractivity contribution in [1.29, 1.82) is 0 Å². The van der Waals surface area contributed by atoms with Crippen molar-refractivity contribution in [1.82, 2.24) is 15.5 Å². The van der Waals surface area contributed by atoms with Crippen molar-refractivity contribution in [3.63, 3.8) is 0 Å². The normalized spacial score (nSPS) is 13.5. The first-order valence-corrected chi connectivity index (χ1v) is 8.83. The van der Waals surface area contributed by atoms with Crippen molar-refractivity contribution in [3.05, 3.63) is 11.4 Å². The fourth-order valence-electron chi connectivity index (χ4n) is 2.26. The van der Waals surface area contributed by atoms with Gasteiger partial charge in [0.2, 0.25) is 0 Å². The van der Waals surface area contributed by atoms with Gasteiger partial charge in [0, 0.05) is 16.7 Å². The summed E-state index contributed by atoms with van der Waals surface area (Å²) in [6.07, 6.45) is 1.86. The smallest absolute Gasteiger partial charge is 0.273 e. The predicted molar refractivity (Wildman–Crippen MR) is 77.4 cm³/mol. The maximum absolute atomic E-state index is 12.2. The Bertz CT molecular complexity index is 579. The molecule has 1 rings (SSSR count). The molecule has 1 atom stereocenters. The second-order valence-corrected chi connectivity index (χ2v) is 7.31. The number of nitrogens with zero attached hydrogens (tertiary/aromatic N) is 1. The number of halogens is 1. The van der Waals surface area contributed by atoms with Crippen molar-refractivity contribution in [2.24, 2.45) is 5.92 Å². The summed E-state index contributed by atoms with van der Waals surface area (Å²) in [6.45, 7) is 7.49. The van der Waals surface area contributed by atoms with E-state index in [1.807, 2.05) is 20.8 Å². The molecule has 0 aliphatic rings. The summed E-state index contributed by atoms with van der Waals surface area (Å²) in [5.41, 5.74) is 0.0654. The van der Waals surface area contributed by atoms with E-state index < -0.39 is 15.0 Å². The van der Waals surface area contributed by atoms with Gasteiger partial charge < -0.3 is 5.32 Å². The van der Waals surface area contributed by atoms with E-state index >= 15 is 0 Å². The maximum atomic E-state index is 12.2. The molecule has 1 unspecified atom stereocenters. The van der Waals surface area contributed by atoms with Crippen molar-refractivity contribution in [2.45, 2.75) is 51.5 Å². The lowest BCUT2D eigenvalue weighted by Gasteiger charge is -2.22. The quantitative estimate of drug-likeness (QED) is 0.786. The number of amides is 1. The van der Waals surface area contributed by atoms with Crippen molar-refractivity contribution < 1.29 is 13.2 Å². The van der Waals surface area contributed by atoms with E-state index in [4.69, 9.17) is 10.7 Å². The van der Waals surface area contributed by atoms with E-state index in [0.717, 1.165) is 12.8 Å². The Morgan fingerprint density at radius 1 is 1.40 bits per heavy atom. The van der Waals surface area contributed by atoms with Gasteiger partial charge in [0.25, 0.3) is 15.0 Å². The lowest BCUT2D eigenvalue weighted by molar-refractivity contribution is 0.0916. The first-order chi connectivity index (χ1) is 9.22. The third kappa shape index (κ3) is 3.73. The summed E-state index contributed by atoms with van der Waals surface area (Å²) >= 11 is 0. The van der Waals surface area contributed by atoms with Gasteiger partial charge in [-0.15, -0.1) is 0 Å². The highest BCUT2D eigenvalue weighted by atomic mass is 35.7. The van der Waals surface area contributed by atoms with E-state index in [1.54, 1.807) is 0 Å². The zero-order valence-electron chi connectivity index (χ0n) is 12.0. The Morgan fingerprint density at radius 2 is 1.95 bits per heavy atom. The predicted octanol–water partition coefficient (Wildman–Crippen LogP) is 2.20. The van der Waals surface area contributed by atoms with Gasteiger partial charge in [0.15, 0.2) is 5.69 Å². The summed E-state index contributed by atoms with van der Waals surface area (Å²) in [7, 11) is 1.32. The largest absolute Gasteiger partial charge is 0.348 e. The second kappa shape index (κ2) is 6.58. The zero-order valence-corrected chi connectivity index (χ0v) is 13.6. The summed E-state index contributed by atoms with van der Waals surface area (Å²) in [5.74, 6) is -0.206. The zero-order chi connectivity index (χ0) is 15.5. The van der Waals surface area contributed by atoms with Crippen LogP contribution in [-0.4, -0.2) is 30.6 Å². The van der Waals surface area contributed by atoms with Gasteiger partial charge >= 0.3 is 0 Å². The molecule has 1 aromatic heterocycles. The molecule has 1 heterocycles. The minimum atomic E-state index is -4.02. The minimum absolute atomic E-state index is 0.0691. The summed E-state index contributed by atoms with van der Waals surface area (Å²) in [4.78, 5) is 11.9. The first kappa shape index (κ1) is 17.0. The van der Waals surface area contributed by atoms with E-state index in [1.165, 1.54) is 6.92 Å². The van der Waals surface area contributed by atoms with Crippen LogP contribution in [-0.2, 0) is 9.05 Å². The number of aromatic amines is 1. The summed E-state index contributed by atoms with van der Waals surface area (Å²) in [6, 6.07) is -0.0691. The highest BCUT2D eigenvalue weighted by Crippen LogP contribution is 2.22. The molecule has 0 bridgehead atoms. The molecular formula is C12H20ClN3O3S. The fraction of sp³-hybridized carbons (Fsp3) is 0.667. The molecule has 0 saturated carbocycles. The number of aryl methyl sites for hydroxylation is 1. The van der Waals surface area contributed by atoms with Gasteiger partial charge in [-0.3, -0.25) is 9.89 Å². The number of aromatic nitrogens is 2. The number of H-pyrrole nitrogens is 1. The number of hydrogen-bond donors (Lipinski definition) is 2. The van der Waals surface area contributed by atoms with Crippen LogP contribution in [0.15, 0.2) is 4.90 Å². The van der Waals surface area contributed by atoms with Gasteiger partial charge in [-0.2, -0.15) is 5.10 Å². The van der Waals surface area contributed by atoms with Gasteiger partial charge in [-0.25, -0.2) is 8.42 Å². The van der Waals surface area contributed by atoms with Crippen LogP contribution in [0.4, 0.5) is 0 Å².